The molecule has 0 aliphatic carbocycles. The minimum Gasteiger partial charge on any atom is -0.350 e. The molecule has 1 aromatic heterocycles. The first-order valence-electron chi connectivity index (χ1n) is 4.77. The summed E-state index contributed by atoms with van der Waals surface area (Å²) in [4.78, 5) is 14.5. The van der Waals surface area contributed by atoms with Gasteiger partial charge in [-0.15, -0.1) is 0 Å². The number of amides is 1. The fourth-order valence-corrected chi connectivity index (χ4v) is 1.09. The lowest BCUT2D eigenvalue weighted by Crippen LogP contribution is -2.45. The molecule has 94 valence electrons. The van der Waals surface area contributed by atoms with Crippen molar-refractivity contribution in [2.75, 3.05) is 6.54 Å². The molecular weight excluding hydrogens is 240 g/mol. The van der Waals surface area contributed by atoms with E-state index in [1.54, 1.807) is 17.4 Å². The largest absolute Gasteiger partial charge is 0.383 e. The zero-order valence-electron chi connectivity index (χ0n) is 8.67. The van der Waals surface area contributed by atoms with Crippen LogP contribution in [0.15, 0.2) is 24.5 Å². The Balaban J connectivity index is 2.40. The van der Waals surface area contributed by atoms with Crippen molar-refractivity contribution in [3.63, 3.8) is 0 Å². The first-order chi connectivity index (χ1) is 7.94. The molecule has 0 spiro atoms. The molecule has 0 fully saturated rings. The smallest absolute Gasteiger partial charge is 0.350 e. The Morgan fingerprint density at radius 1 is 1.35 bits per heavy atom. The molecule has 1 amide bonds. The number of rotatable bonds is 5. The van der Waals surface area contributed by atoms with Crippen molar-refractivity contribution >= 4 is 5.91 Å². The maximum Gasteiger partial charge on any atom is 0.383 e. The summed E-state index contributed by atoms with van der Waals surface area (Å²) < 4.78 is 48.6. The summed E-state index contributed by atoms with van der Waals surface area (Å²) in [6.07, 6.45) is -0.716. The number of carbonyl (C=O) groups is 1. The number of carbonyl (C=O) groups excluding carboxylic acids is 1. The zero-order chi connectivity index (χ0) is 12.9. The highest BCUT2D eigenvalue weighted by molar-refractivity contribution is 5.83. The standard InChI is InChI=1S/C10H10F4N2O/c11-8(12)10(13,14)9(17)16-6-3-7-1-4-15-5-2-7/h1-2,4-5,8H,3,6H2,(H,16,17). The minimum atomic E-state index is -4.64. The number of halogens is 4. The van der Waals surface area contributed by atoms with Crippen LogP contribution in [0.3, 0.4) is 0 Å². The fraction of sp³-hybridized carbons (Fsp3) is 0.400. The predicted molar refractivity (Wildman–Crippen MR) is 51.9 cm³/mol. The molecule has 0 saturated heterocycles. The number of pyridine rings is 1. The Morgan fingerprint density at radius 3 is 2.47 bits per heavy atom. The zero-order valence-corrected chi connectivity index (χ0v) is 8.67. The predicted octanol–water partition coefficient (Wildman–Crippen LogP) is 1.64. The molecule has 0 unspecified atom stereocenters. The van der Waals surface area contributed by atoms with E-state index in [9.17, 15) is 22.4 Å². The topological polar surface area (TPSA) is 42.0 Å². The van der Waals surface area contributed by atoms with Crippen molar-refractivity contribution in [1.82, 2.24) is 10.3 Å². The molecule has 0 atom stereocenters. The van der Waals surface area contributed by atoms with Gasteiger partial charge in [-0.05, 0) is 24.1 Å². The third-order valence-corrected chi connectivity index (χ3v) is 2.03. The van der Waals surface area contributed by atoms with Crippen LogP contribution >= 0.6 is 0 Å². The van der Waals surface area contributed by atoms with Crippen LogP contribution in [0.4, 0.5) is 17.6 Å². The molecular formula is C10H10F4N2O. The second kappa shape index (κ2) is 5.60. The van der Waals surface area contributed by atoms with Crippen molar-refractivity contribution in [2.24, 2.45) is 0 Å². The first-order valence-corrected chi connectivity index (χ1v) is 4.77. The SMILES string of the molecule is O=C(NCCc1ccncc1)C(F)(F)C(F)F. The van der Waals surface area contributed by atoms with Gasteiger partial charge in [-0.3, -0.25) is 9.78 Å². The molecule has 1 aromatic rings. The minimum absolute atomic E-state index is 0.134. The second-order valence-electron chi connectivity index (χ2n) is 3.29. The molecule has 7 heteroatoms. The van der Waals surface area contributed by atoms with Crippen molar-refractivity contribution < 1.29 is 22.4 Å². The molecule has 0 aliphatic rings. The van der Waals surface area contributed by atoms with Crippen molar-refractivity contribution in [1.29, 1.82) is 0 Å². The van der Waals surface area contributed by atoms with Crippen LogP contribution in [0.25, 0.3) is 0 Å². The number of nitrogens with one attached hydrogen (secondary N) is 1. The average molecular weight is 250 g/mol. The molecule has 0 radical (unpaired) electrons. The summed E-state index contributed by atoms with van der Waals surface area (Å²) in [5, 5.41) is 1.76. The van der Waals surface area contributed by atoms with Crippen molar-refractivity contribution in [2.45, 2.75) is 18.8 Å². The van der Waals surface area contributed by atoms with E-state index in [1.165, 1.54) is 12.4 Å². The van der Waals surface area contributed by atoms with E-state index in [0.717, 1.165) is 5.56 Å². The Hall–Kier alpha value is -1.66. The Morgan fingerprint density at radius 2 is 1.94 bits per heavy atom. The van der Waals surface area contributed by atoms with E-state index >= 15 is 0 Å². The fourth-order valence-electron chi connectivity index (χ4n) is 1.09. The van der Waals surface area contributed by atoms with Crippen molar-refractivity contribution in [3.05, 3.63) is 30.1 Å². The van der Waals surface area contributed by atoms with Gasteiger partial charge in [0.1, 0.15) is 0 Å². The summed E-state index contributed by atoms with van der Waals surface area (Å²) in [6.45, 7) is -0.134. The number of hydrogen-bond donors (Lipinski definition) is 1. The van der Waals surface area contributed by atoms with E-state index < -0.39 is 18.3 Å². The van der Waals surface area contributed by atoms with Gasteiger partial charge in [0, 0.05) is 18.9 Å². The monoisotopic (exact) mass is 250 g/mol. The number of nitrogens with zero attached hydrogens (tertiary/aromatic N) is 1. The Labute approximate surface area is 94.8 Å². The van der Waals surface area contributed by atoms with E-state index in [2.05, 4.69) is 4.98 Å². The van der Waals surface area contributed by atoms with Crippen LogP contribution in [0.1, 0.15) is 5.56 Å². The molecule has 17 heavy (non-hydrogen) atoms. The van der Waals surface area contributed by atoms with Gasteiger partial charge in [0.25, 0.3) is 5.91 Å². The van der Waals surface area contributed by atoms with Gasteiger partial charge in [0.05, 0.1) is 0 Å². The van der Waals surface area contributed by atoms with Crippen LogP contribution in [-0.2, 0) is 11.2 Å². The van der Waals surface area contributed by atoms with Gasteiger partial charge in [-0.25, -0.2) is 8.78 Å². The maximum atomic E-state index is 12.5. The van der Waals surface area contributed by atoms with Gasteiger partial charge in [0.15, 0.2) is 0 Å². The van der Waals surface area contributed by atoms with E-state index in [1.807, 2.05) is 0 Å². The van der Waals surface area contributed by atoms with Crippen LogP contribution in [0, 0.1) is 0 Å². The molecule has 0 aromatic carbocycles. The summed E-state index contributed by atoms with van der Waals surface area (Å²) in [5.74, 6) is -6.60. The lowest BCUT2D eigenvalue weighted by Gasteiger charge is -2.14. The number of alkyl halides is 4. The van der Waals surface area contributed by atoms with Gasteiger partial charge in [-0.1, -0.05) is 0 Å². The maximum absolute atomic E-state index is 12.5. The highest BCUT2D eigenvalue weighted by Crippen LogP contribution is 2.22. The molecule has 0 bridgehead atoms. The second-order valence-corrected chi connectivity index (χ2v) is 3.29. The van der Waals surface area contributed by atoms with Gasteiger partial charge in [-0.2, -0.15) is 8.78 Å². The van der Waals surface area contributed by atoms with E-state index in [0.29, 0.717) is 0 Å². The Bertz CT molecular complexity index is 370. The van der Waals surface area contributed by atoms with E-state index in [-0.39, 0.29) is 13.0 Å². The van der Waals surface area contributed by atoms with Gasteiger partial charge < -0.3 is 5.32 Å². The van der Waals surface area contributed by atoms with Crippen LogP contribution in [0.5, 0.6) is 0 Å². The normalized spacial score (nSPS) is 11.6. The average Bonchev–Trinajstić information content (AvgIpc) is 2.30. The van der Waals surface area contributed by atoms with Crippen LogP contribution in [0.2, 0.25) is 0 Å². The third-order valence-electron chi connectivity index (χ3n) is 2.03. The summed E-state index contributed by atoms with van der Waals surface area (Å²) in [5.41, 5.74) is 0.765. The number of aromatic nitrogens is 1. The van der Waals surface area contributed by atoms with Crippen LogP contribution < -0.4 is 5.32 Å². The molecule has 1 rings (SSSR count). The third kappa shape index (κ3) is 3.69. The molecule has 0 aliphatic heterocycles. The van der Waals surface area contributed by atoms with Crippen LogP contribution in [-0.4, -0.2) is 29.8 Å². The lowest BCUT2D eigenvalue weighted by molar-refractivity contribution is -0.169. The van der Waals surface area contributed by atoms with Gasteiger partial charge in [0.2, 0.25) is 0 Å². The Kier molecular flexibility index (Phi) is 4.42. The molecule has 0 saturated carbocycles. The summed E-state index contributed by atoms with van der Waals surface area (Å²) in [7, 11) is 0. The molecule has 1 heterocycles. The molecule has 1 N–H and O–H groups in total. The quantitative estimate of drug-likeness (QED) is 0.807. The highest BCUT2D eigenvalue weighted by Gasteiger charge is 2.48. The first kappa shape index (κ1) is 13.4. The van der Waals surface area contributed by atoms with E-state index in [4.69, 9.17) is 0 Å². The summed E-state index contributed by atoms with van der Waals surface area (Å²) >= 11 is 0. The number of hydrogen-bond acceptors (Lipinski definition) is 2. The van der Waals surface area contributed by atoms with Gasteiger partial charge >= 0.3 is 12.3 Å². The highest BCUT2D eigenvalue weighted by atomic mass is 19.3. The molecule has 3 nitrogen and oxygen atoms in total. The van der Waals surface area contributed by atoms with Crippen molar-refractivity contribution in [3.8, 4) is 0 Å². The summed E-state index contributed by atoms with van der Waals surface area (Å²) in [6, 6.07) is 3.27. The lowest BCUT2D eigenvalue weighted by atomic mass is 10.2.